The van der Waals surface area contributed by atoms with Crippen LogP contribution in [0.4, 0.5) is 0 Å². The molecule has 0 aromatic heterocycles. The molecule has 0 bridgehead atoms. The van der Waals surface area contributed by atoms with E-state index in [0.717, 1.165) is 30.2 Å². The van der Waals surface area contributed by atoms with E-state index < -0.39 is 10.0 Å². The normalized spacial score (nSPS) is 23.3. The van der Waals surface area contributed by atoms with Gasteiger partial charge in [-0.3, -0.25) is 4.79 Å². The smallest absolute Gasteiger partial charge is 0.243 e. The molecule has 1 aromatic rings. The number of rotatable bonds is 4. The molecule has 2 aliphatic rings. The molecule has 1 amide bonds. The highest BCUT2D eigenvalue weighted by Gasteiger charge is 2.34. The molecule has 1 saturated carbocycles. The first kappa shape index (κ1) is 18.9. The molecule has 3 rings (SSSR count). The molecular weight excluding hydrogens is 404 g/mol. The van der Waals surface area contributed by atoms with Gasteiger partial charge in [-0.15, -0.1) is 0 Å². The van der Waals surface area contributed by atoms with Crippen molar-refractivity contribution in [1.82, 2.24) is 9.62 Å². The monoisotopic (exact) mass is 428 g/mol. The van der Waals surface area contributed by atoms with Crippen LogP contribution in [0, 0.1) is 5.92 Å². The van der Waals surface area contributed by atoms with Crippen LogP contribution in [-0.2, 0) is 14.8 Å². The summed E-state index contributed by atoms with van der Waals surface area (Å²) in [7, 11) is -3.55. The van der Waals surface area contributed by atoms with Gasteiger partial charge >= 0.3 is 0 Å². The first-order valence-corrected chi connectivity index (χ1v) is 11.3. The highest BCUT2D eigenvalue weighted by Crippen LogP contribution is 2.25. The third-order valence-electron chi connectivity index (χ3n) is 5.16. The zero-order valence-corrected chi connectivity index (χ0v) is 16.7. The van der Waals surface area contributed by atoms with Crippen molar-refractivity contribution in [1.29, 1.82) is 0 Å². The Bertz CT molecular complexity index is 700. The first-order chi connectivity index (χ1) is 12.0. The van der Waals surface area contributed by atoms with Crippen molar-refractivity contribution in [2.45, 2.75) is 55.9 Å². The fourth-order valence-electron chi connectivity index (χ4n) is 3.70. The van der Waals surface area contributed by atoms with Crippen molar-refractivity contribution >= 4 is 31.9 Å². The standard InChI is InChI=1S/C18H25BrN2O3S/c19-15-8-10-17(11-9-15)25(23,24)21-12-4-5-14(13-21)18(22)20-16-6-2-1-3-7-16/h8-11,14,16H,1-7,12-13H2,(H,20,22)/t14-/m1/s1. The molecule has 1 heterocycles. The highest BCUT2D eigenvalue weighted by molar-refractivity contribution is 9.10. The number of amides is 1. The molecule has 2 fully saturated rings. The predicted octanol–water partition coefficient (Wildman–Crippen LogP) is 3.30. The number of benzene rings is 1. The molecule has 1 aliphatic heterocycles. The number of nitrogens with zero attached hydrogens (tertiary/aromatic N) is 1. The number of nitrogens with one attached hydrogen (secondary N) is 1. The van der Waals surface area contributed by atoms with E-state index in [1.165, 1.54) is 23.6 Å². The number of carbonyl (C=O) groups excluding carboxylic acids is 1. The predicted molar refractivity (Wildman–Crippen MR) is 101 cm³/mol. The van der Waals surface area contributed by atoms with Crippen LogP contribution in [0.25, 0.3) is 0 Å². The Morgan fingerprint density at radius 3 is 2.40 bits per heavy atom. The van der Waals surface area contributed by atoms with Crippen LogP contribution in [0.1, 0.15) is 44.9 Å². The molecule has 1 N–H and O–H groups in total. The summed E-state index contributed by atoms with van der Waals surface area (Å²) < 4.78 is 28.0. The van der Waals surface area contributed by atoms with E-state index in [4.69, 9.17) is 0 Å². The molecule has 1 atom stereocenters. The maximum atomic E-state index is 12.8. The lowest BCUT2D eigenvalue weighted by Gasteiger charge is -2.32. The molecule has 1 aliphatic carbocycles. The summed E-state index contributed by atoms with van der Waals surface area (Å²) in [6.45, 7) is 0.753. The van der Waals surface area contributed by atoms with Crippen molar-refractivity contribution in [2.75, 3.05) is 13.1 Å². The van der Waals surface area contributed by atoms with Crippen molar-refractivity contribution in [2.24, 2.45) is 5.92 Å². The second-order valence-electron chi connectivity index (χ2n) is 7.00. The van der Waals surface area contributed by atoms with Gasteiger partial charge in [-0.25, -0.2) is 8.42 Å². The Morgan fingerprint density at radius 1 is 1.04 bits per heavy atom. The summed E-state index contributed by atoms with van der Waals surface area (Å²) in [4.78, 5) is 12.9. The molecule has 25 heavy (non-hydrogen) atoms. The number of piperidine rings is 1. The number of halogens is 1. The zero-order valence-electron chi connectivity index (χ0n) is 14.3. The Morgan fingerprint density at radius 2 is 1.72 bits per heavy atom. The van der Waals surface area contributed by atoms with E-state index in [0.29, 0.717) is 6.54 Å². The molecule has 1 saturated heterocycles. The van der Waals surface area contributed by atoms with Gasteiger partial charge in [0, 0.05) is 23.6 Å². The largest absolute Gasteiger partial charge is 0.353 e. The average Bonchev–Trinajstić information content (AvgIpc) is 2.63. The van der Waals surface area contributed by atoms with E-state index in [9.17, 15) is 13.2 Å². The minimum Gasteiger partial charge on any atom is -0.353 e. The zero-order chi connectivity index (χ0) is 17.9. The lowest BCUT2D eigenvalue weighted by Crippen LogP contribution is -2.47. The van der Waals surface area contributed by atoms with Crippen molar-refractivity contribution in [3.05, 3.63) is 28.7 Å². The van der Waals surface area contributed by atoms with Gasteiger partial charge in [0.05, 0.1) is 10.8 Å². The SMILES string of the molecule is O=C(NC1CCCCC1)[C@@H]1CCCN(S(=O)(=O)c2ccc(Br)cc2)C1. The van der Waals surface area contributed by atoms with Gasteiger partial charge in [0.15, 0.2) is 0 Å². The van der Waals surface area contributed by atoms with Crippen LogP contribution in [0.15, 0.2) is 33.6 Å². The maximum absolute atomic E-state index is 12.8. The van der Waals surface area contributed by atoms with Gasteiger partial charge < -0.3 is 5.32 Å². The van der Waals surface area contributed by atoms with E-state index in [1.54, 1.807) is 24.3 Å². The Kier molecular flexibility index (Phi) is 6.17. The van der Waals surface area contributed by atoms with Gasteiger partial charge in [-0.05, 0) is 49.9 Å². The summed E-state index contributed by atoms with van der Waals surface area (Å²) in [6, 6.07) is 6.92. The van der Waals surface area contributed by atoms with Crippen LogP contribution in [0.3, 0.4) is 0 Å². The average molecular weight is 429 g/mol. The van der Waals surface area contributed by atoms with E-state index in [-0.39, 0.29) is 29.3 Å². The molecule has 0 spiro atoms. The number of carbonyl (C=O) groups is 1. The topological polar surface area (TPSA) is 66.5 Å². The Hall–Kier alpha value is -0.920. The van der Waals surface area contributed by atoms with E-state index in [1.807, 2.05) is 0 Å². The third kappa shape index (κ3) is 4.63. The summed E-state index contributed by atoms with van der Waals surface area (Å²) in [5, 5.41) is 3.14. The molecule has 138 valence electrons. The molecule has 0 unspecified atom stereocenters. The lowest BCUT2D eigenvalue weighted by atomic mass is 9.93. The molecule has 7 heteroatoms. The van der Waals surface area contributed by atoms with Crippen LogP contribution >= 0.6 is 15.9 Å². The van der Waals surface area contributed by atoms with Gasteiger partial charge in [0.1, 0.15) is 0 Å². The summed E-state index contributed by atoms with van der Waals surface area (Å²) in [5.41, 5.74) is 0. The number of hydrogen-bond acceptors (Lipinski definition) is 3. The van der Waals surface area contributed by atoms with Crippen LogP contribution in [0.5, 0.6) is 0 Å². The van der Waals surface area contributed by atoms with Crippen LogP contribution < -0.4 is 5.32 Å². The van der Waals surface area contributed by atoms with Crippen molar-refractivity contribution in [3.63, 3.8) is 0 Å². The quantitative estimate of drug-likeness (QED) is 0.799. The maximum Gasteiger partial charge on any atom is 0.243 e. The highest BCUT2D eigenvalue weighted by atomic mass is 79.9. The second-order valence-corrected chi connectivity index (χ2v) is 9.85. The molecule has 0 radical (unpaired) electrons. The number of sulfonamides is 1. The van der Waals surface area contributed by atoms with Crippen LogP contribution in [-0.4, -0.2) is 37.8 Å². The Balaban J connectivity index is 1.65. The Labute approximate surface area is 158 Å². The number of hydrogen-bond donors (Lipinski definition) is 1. The van der Waals surface area contributed by atoms with Gasteiger partial charge in [0.25, 0.3) is 0 Å². The summed E-state index contributed by atoms with van der Waals surface area (Å²) in [5.74, 6) is -0.233. The summed E-state index contributed by atoms with van der Waals surface area (Å²) >= 11 is 3.32. The lowest BCUT2D eigenvalue weighted by molar-refractivity contribution is -0.127. The van der Waals surface area contributed by atoms with Crippen LogP contribution in [0.2, 0.25) is 0 Å². The molecule has 1 aromatic carbocycles. The minimum absolute atomic E-state index is 0.0163. The van der Waals surface area contributed by atoms with E-state index in [2.05, 4.69) is 21.2 Å². The summed E-state index contributed by atoms with van der Waals surface area (Å²) in [6.07, 6.45) is 7.14. The molecular formula is C18H25BrN2O3S. The second kappa shape index (κ2) is 8.18. The van der Waals surface area contributed by atoms with Crippen molar-refractivity contribution in [3.8, 4) is 0 Å². The van der Waals surface area contributed by atoms with Gasteiger partial charge in [-0.2, -0.15) is 4.31 Å². The van der Waals surface area contributed by atoms with Gasteiger partial charge in [-0.1, -0.05) is 35.2 Å². The fourth-order valence-corrected chi connectivity index (χ4v) is 5.48. The molecule has 5 nitrogen and oxygen atoms in total. The fraction of sp³-hybridized carbons (Fsp3) is 0.611. The van der Waals surface area contributed by atoms with E-state index >= 15 is 0 Å². The third-order valence-corrected chi connectivity index (χ3v) is 7.57. The first-order valence-electron chi connectivity index (χ1n) is 9.03. The van der Waals surface area contributed by atoms with Gasteiger partial charge in [0.2, 0.25) is 15.9 Å². The minimum atomic E-state index is -3.55. The van der Waals surface area contributed by atoms with Crippen molar-refractivity contribution < 1.29 is 13.2 Å².